The lowest BCUT2D eigenvalue weighted by Gasteiger charge is -2.33. The normalized spacial score (nSPS) is 18.3. The first-order valence-corrected chi connectivity index (χ1v) is 6.29. The van der Waals surface area contributed by atoms with E-state index in [1.165, 1.54) is 6.42 Å². The maximum Gasteiger partial charge on any atom is 0.326 e. The van der Waals surface area contributed by atoms with Gasteiger partial charge in [-0.05, 0) is 33.6 Å². The van der Waals surface area contributed by atoms with Gasteiger partial charge in [-0.15, -0.1) is 0 Å². The summed E-state index contributed by atoms with van der Waals surface area (Å²) in [6.07, 6.45) is 4.79. The van der Waals surface area contributed by atoms with Crippen molar-refractivity contribution in [3.63, 3.8) is 0 Å². The number of esters is 1. The summed E-state index contributed by atoms with van der Waals surface area (Å²) in [5.41, 5.74) is 4.89. The molecular weight excluding hydrogens is 234 g/mol. The molecule has 18 heavy (non-hydrogen) atoms. The molecule has 0 aromatic rings. The number of carbonyl (C=O) groups excluding carboxylic acids is 1. The highest BCUT2D eigenvalue weighted by atomic mass is 16.6. The minimum Gasteiger partial charge on any atom is -0.481 e. The molecule has 0 aliphatic heterocycles. The minimum absolute atomic E-state index is 0.232. The van der Waals surface area contributed by atoms with Crippen LogP contribution in [0.15, 0.2) is 0 Å². The number of carboxylic acid groups (broad SMARTS) is 1. The fourth-order valence-corrected chi connectivity index (χ4v) is 1.77. The standard InChI is InChI=1S/C11H21NO2.C2H4O2/c1-10(2,3)14-9(13)11(12)7-5-4-6-8-11;1-2(3)4/h4-8,12H2,1-3H3;1H3,(H,3,4). The van der Waals surface area contributed by atoms with Crippen LogP contribution in [-0.4, -0.2) is 28.2 Å². The summed E-state index contributed by atoms with van der Waals surface area (Å²) < 4.78 is 5.32. The van der Waals surface area contributed by atoms with Crippen LogP contribution in [0.3, 0.4) is 0 Å². The number of hydrogen-bond acceptors (Lipinski definition) is 4. The molecule has 0 atom stereocenters. The van der Waals surface area contributed by atoms with Crippen molar-refractivity contribution in [2.75, 3.05) is 0 Å². The highest BCUT2D eigenvalue weighted by Gasteiger charge is 2.38. The molecular formula is C13H25NO4. The van der Waals surface area contributed by atoms with Gasteiger partial charge in [0.15, 0.2) is 0 Å². The van der Waals surface area contributed by atoms with E-state index in [-0.39, 0.29) is 5.97 Å². The fraction of sp³-hybridized carbons (Fsp3) is 0.846. The number of hydrogen-bond donors (Lipinski definition) is 2. The van der Waals surface area contributed by atoms with Crippen LogP contribution >= 0.6 is 0 Å². The summed E-state index contributed by atoms with van der Waals surface area (Å²) in [7, 11) is 0. The van der Waals surface area contributed by atoms with Crippen molar-refractivity contribution in [1.82, 2.24) is 0 Å². The lowest BCUT2D eigenvalue weighted by molar-refractivity contribution is -0.163. The molecule has 1 rings (SSSR count). The zero-order chi connectivity index (χ0) is 14.4. The second kappa shape index (κ2) is 6.73. The zero-order valence-corrected chi connectivity index (χ0v) is 11.8. The zero-order valence-electron chi connectivity index (χ0n) is 11.8. The van der Waals surface area contributed by atoms with Crippen molar-refractivity contribution in [1.29, 1.82) is 0 Å². The Labute approximate surface area is 109 Å². The van der Waals surface area contributed by atoms with Gasteiger partial charge in [-0.1, -0.05) is 19.3 Å². The highest BCUT2D eigenvalue weighted by molar-refractivity contribution is 5.81. The van der Waals surface area contributed by atoms with Gasteiger partial charge in [0.1, 0.15) is 11.1 Å². The first kappa shape index (κ1) is 16.9. The molecule has 0 bridgehead atoms. The maximum absolute atomic E-state index is 11.8. The SMILES string of the molecule is CC(=O)O.CC(C)(C)OC(=O)C1(N)CCCCC1. The topological polar surface area (TPSA) is 89.6 Å². The van der Waals surface area contributed by atoms with Crippen LogP contribution < -0.4 is 5.73 Å². The van der Waals surface area contributed by atoms with Gasteiger partial charge in [-0.2, -0.15) is 0 Å². The van der Waals surface area contributed by atoms with Crippen molar-refractivity contribution >= 4 is 11.9 Å². The maximum atomic E-state index is 11.8. The summed E-state index contributed by atoms with van der Waals surface area (Å²) in [6, 6.07) is 0. The summed E-state index contributed by atoms with van der Waals surface area (Å²) in [5, 5.41) is 7.42. The van der Waals surface area contributed by atoms with Crippen LogP contribution in [0.25, 0.3) is 0 Å². The molecule has 0 spiro atoms. The molecule has 106 valence electrons. The lowest BCUT2D eigenvalue weighted by atomic mass is 9.82. The van der Waals surface area contributed by atoms with Gasteiger partial charge < -0.3 is 15.6 Å². The number of aliphatic carboxylic acids is 1. The second-order valence-electron chi connectivity index (χ2n) is 5.74. The monoisotopic (exact) mass is 259 g/mol. The van der Waals surface area contributed by atoms with E-state index < -0.39 is 17.1 Å². The fourth-order valence-electron chi connectivity index (χ4n) is 1.77. The van der Waals surface area contributed by atoms with Crippen LogP contribution in [-0.2, 0) is 14.3 Å². The quantitative estimate of drug-likeness (QED) is 0.704. The summed E-state index contributed by atoms with van der Waals surface area (Å²) in [6.45, 7) is 6.70. The van der Waals surface area contributed by atoms with E-state index in [2.05, 4.69) is 0 Å². The van der Waals surface area contributed by atoms with Crippen LogP contribution in [0.5, 0.6) is 0 Å². The Morgan fingerprint density at radius 1 is 1.17 bits per heavy atom. The molecule has 1 saturated carbocycles. The molecule has 0 saturated heterocycles. The Morgan fingerprint density at radius 3 is 1.89 bits per heavy atom. The van der Waals surface area contributed by atoms with Crippen molar-refractivity contribution < 1.29 is 19.4 Å². The van der Waals surface area contributed by atoms with Crippen LogP contribution in [0.4, 0.5) is 0 Å². The van der Waals surface area contributed by atoms with Gasteiger partial charge in [0, 0.05) is 6.92 Å². The third kappa shape index (κ3) is 7.27. The summed E-state index contributed by atoms with van der Waals surface area (Å²) in [4.78, 5) is 20.8. The van der Waals surface area contributed by atoms with Crippen LogP contribution in [0.2, 0.25) is 0 Å². The Balaban J connectivity index is 0.000000631. The van der Waals surface area contributed by atoms with E-state index in [0.29, 0.717) is 0 Å². The number of carbonyl (C=O) groups is 2. The van der Waals surface area contributed by atoms with Gasteiger partial charge in [-0.25, -0.2) is 0 Å². The predicted molar refractivity (Wildman–Crippen MR) is 69.2 cm³/mol. The molecule has 3 N–H and O–H groups in total. The van der Waals surface area contributed by atoms with E-state index in [1.807, 2.05) is 20.8 Å². The number of ether oxygens (including phenoxy) is 1. The van der Waals surface area contributed by atoms with E-state index in [4.69, 9.17) is 20.4 Å². The van der Waals surface area contributed by atoms with Crippen molar-refractivity contribution in [3.05, 3.63) is 0 Å². The third-order valence-corrected chi connectivity index (χ3v) is 2.55. The molecule has 1 aliphatic rings. The largest absolute Gasteiger partial charge is 0.481 e. The van der Waals surface area contributed by atoms with E-state index >= 15 is 0 Å². The molecule has 5 nitrogen and oxygen atoms in total. The Kier molecular flexibility index (Phi) is 6.32. The number of nitrogens with two attached hydrogens (primary N) is 1. The van der Waals surface area contributed by atoms with Gasteiger partial charge >= 0.3 is 5.97 Å². The molecule has 0 unspecified atom stereocenters. The van der Waals surface area contributed by atoms with Crippen LogP contribution in [0, 0.1) is 0 Å². The number of carboxylic acids is 1. The van der Waals surface area contributed by atoms with Gasteiger partial charge in [-0.3, -0.25) is 9.59 Å². The molecule has 0 amide bonds. The average molecular weight is 259 g/mol. The molecule has 0 aromatic heterocycles. The molecule has 0 aromatic carbocycles. The van der Waals surface area contributed by atoms with Crippen LogP contribution in [0.1, 0.15) is 59.8 Å². The van der Waals surface area contributed by atoms with Crippen molar-refractivity contribution in [2.24, 2.45) is 5.73 Å². The molecule has 0 radical (unpaired) electrons. The highest BCUT2D eigenvalue weighted by Crippen LogP contribution is 2.28. The Morgan fingerprint density at radius 2 is 1.56 bits per heavy atom. The minimum atomic E-state index is -0.833. The predicted octanol–water partition coefficient (Wildman–Crippen LogP) is 2.08. The third-order valence-electron chi connectivity index (χ3n) is 2.55. The molecule has 5 heteroatoms. The number of rotatable bonds is 1. The molecule has 1 aliphatic carbocycles. The van der Waals surface area contributed by atoms with E-state index in [0.717, 1.165) is 32.6 Å². The second-order valence-corrected chi connectivity index (χ2v) is 5.74. The van der Waals surface area contributed by atoms with Crippen molar-refractivity contribution in [3.8, 4) is 0 Å². The Hall–Kier alpha value is -1.10. The van der Waals surface area contributed by atoms with Gasteiger partial charge in [0.2, 0.25) is 0 Å². The van der Waals surface area contributed by atoms with Gasteiger partial charge in [0.05, 0.1) is 0 Å². The first-order valence-electron chi connectivity index (χ1n) is 6.29. The molecule has 0 heterocycles. The lowest BCUT2D eigenvalue weighted by Crippen LogP contribution is -2.52. The average Bonchev–Trinajstić information content (AvgIpc) is 2.15. The summed E-state index contributed by atoms with van der Waals surface area (Å²) >= 11 is 0. The Bertz CT molecular complexity index is 284. The van der Waals surface area contributed by atoms with Gasteiger partial charge in [0.25, 0.3) is 5.97 Å². The smallest absolute Gasteiger partial charge is 0.326 e. The summed E-state index contributed by atoms with van der Waals surface area (Å²) in [5.74, 6) is -1.07. The van der Waals surface area contributed by atoms with Crippen molar-refractivity contribution in [2.45, 2.75) is 70.9 Å². The first-order chi connectivity index (χ1) is 8.07. The van der Waals surface area contributed by atoms with E-state index in [1.54, 1.807) is 0 Å². The molecule has 1 fully saturated rings. The van der Waals surface area contributed by atoms with E-state index in [9.17, 15) is 4.79 Å².